The summed E-state index contributed by atoms with van der Waals surface area (Å²) in [6.07, 6.45) is 17.6. The molecule has 0 spiro atoms. The van der Waals surface area contributed by atoms with Crippen molar-refractivity contribution < 1.29 is 92.0 Å². The highest BCUT2D eigenvalue weighted by molar-refractivity contribution is 7.92. The molecule has 0 aliphatic rings. The number of aryl methyl sites for hydroxylation is 4. The van der Waals surface area contributed by atoms with E-state index in [4.69, 9.17) is 84.3 Å². The molecule has 0 aliphatic carbocycles. The maximum atomic E-state index is 13.5. The number of benzene rings is 4. The third-order valence-electron chi connectivity index (χ3n) is 22.9. The number of hydrogen-bond donors (Lipinski definition) is 4. The lowest BCUT2D eigenvalue weighted by molar-refractivity contribution is 0.165. The van der Waals surface area contributed by atoms with Gasteiger partial charge in [0.2, 0.25) is 0 Å². The highest BCUT2D eigenvalue weighted by Gasteiger charge is 2.41. The molecule has 776 valence electrons. The summed E-state index contributed by atoms with van der Waals surface area (Å²) in [5, 5.41) is 73.0. The molecule has 0 aliphatic heterocycles. The molecule has 12 heterocycles. The number of halogens is 4. The molecule has 12 aromatic heterocycles. The van der Waals surface area contributed by atoms with Crippen molar-refractivity contribution in [2.75, 3.05) is 56.9 Å². The van der Waals surface area contributed by atoms with Gasteiger partial charge in [0.25, 0.3) is 0 Å². The Hall–Kier alpha value is -14.4. The Morgan fingerprint density at radius 1 is 0.264 bits per heavy atom. The van der Waals surface area contributed by atoms with Gasteiger partial charge in [-0.05, 0) is 150 Å². The third-order valence-corrected chi connectivity index (χ3v) is 31.9. The first-order valence-corrected chi connectivity index (χ1v) is 52.8. The van der Waals surface area contributed by atoms with Gasteiger partial charge in [0.05, 0.1) is 98.0 Å². The van der Waals surface area contributed by atoms with E-state index in [-0.39, 0.29) is 66.7 Å². The molecule has 8 atom stereocenters. The van der Waals surface area contributed by atoms with Crippen LogP contribution in [0.5, 0.6) is 46.0 Å². The zero-order chi connectivity index (χ0) is 107. The van der Waals surface area contributed by atoms with Gasteiger partial charge in [0.15, 0.2) is 109 Å². The summed E-state index contributed by atoms with van der Waals surface area (Å²) in [6.45, 7) is 13.1. The Labute approximate surface area is 870 Å². The van der Waals surface area contributed by atoms with Gasteiger partial charge in [-0.1, -0.05) is 70.7 Å². The second kappa shape index (κ2) is 48.5. The van der Waals surface area contributed by atoms with Crippen LogP contribution in [-0.4, -0.2) is 251 Å². The van der Waals surface area contributed by atoms with Gasteiger partial charge in [-0.15, -0.1) is 40.8 Å². The largest absolute Gasteiger partial charge is 0.494 e. The van der Waals surface area contributed by atoms with Gasteiger partial charge in [-0.25, -0.2) is 73.5 Å². The molecule has 148 heavy (non-hydrogen) atoms. The van der Waals surface area contributed by atoms with Crippen LogP contribution in [0.25, 0.3) is 68.3 Å². The Bertz CT molecular complexity index is 6870. The fraction of sp³-hybridized carbons (Fsp3) is 0.292. The lowest BCUT2D eigenvalue weighted by Crippen LogP contribution is -2.29. The number of rotatable bonds is 36. The van der Waals surface area contributed by atoms with Gasteiger partial charge in [0.1, 0.15) is 116 Å². The minimum absolute atomic E-state index is 0.0557. The number of pyridine rings is 4. The number of hydrogen-bond acceptors (Lipinski definition) is 40. The zero-order valence-electron chi connectivity index (χ0n) is 82.1. The van der Waals surface area contributed by atoms with Crippen molar-refractivity contribution in [2.45, 2.75) is 124 Å². The van der Waals surface area contributed by atoms with Crippen LogP contribution in [-0.2, 0) is 62.4 Å². The van der Waals surface area contributed by atoms with Gasteiger partial charge < -0.3 is 58.3 Å². The van der Waals surface area contributed by atoms with Crippen LogP contribution < -0.4 is 37.9 Å². The average molecular weight is 2180 g/mol. The molecule has 0 saturated heterocycles. The van der Waals surface area contributed by atoms with Crippen LogP contribution in [0.2, 0.25) is 20.1 Å². The first-order valence-electron chi connectivity index (χ1n) is 44.4. The fourth-order valence-electron chi connectivity index (χ4n) is 15.0. The van der Waals surface area contributed by atoms with E-state index in [9.17, 15) is 54.1 Å². The number of aromatic nitrogens is 24. The standard InChI is InChI=1S/4C24H25ClN6O5S/c4*1-14-8-16(10-26-9-14)24-30-29-20(31(24)21-18(35-3)6-5-7-19(21)36-4)13-37(33,34)15(2)22(32)23-27-11-17(25)12-28-23/h4*5-12,15,22,32H,13H2,1-4H3/t2*15-,22+;2*15-,22-/m1010/s1. The van der Waals surface area contributed by atoms with Crippen LogP contribution in [0.1, 0.15) is 121 Å². The maximum absolute atomic E-state index is 13.5. The molecule has 16 rings (SSSR count). The van der Waals surface area contributed by atoms with E-state index in [1.807, 2.05) is 52.0 Å². The molecule has 0 fully saturated rings. The van der Waals surface area contributed by atoms with E-state index in [2.05, 4.69) is 101 Å². The molecule has 4 N–H and O–H groups in total. The number of para-hydroxylation sites is 4. The summed E-state index contributed by atoms with van der Waals surface area (Å²) in [5.74, 6) is 2.69. The summed E-state index contributed by atoms with van der Waals surface area (Å²) in [5.41, 5.74) is 7.70. The lowest BCUT2D eigenvalue weighted by Gasteiger charge is -2.20. The Kier molecular flexibility index (Phi) is 36.3. The molecule has 16 aromatic rings. The van der Waals surface area contributed by atoms with E-state index in [1.165, 1.54) is 134 Å². The first-order chi connectivity index (χ1) is 70.6. The molecule has 44 nitrogen and oxygen atoms in total. The summed E-state index contributed by atoms with van der Waals surface area (Å²) in [7, 11) is -4.02. The highest BCUT2D eigenvalue weighted by atomic mass is 35.5. The molecule has 0 bridgehead atoms. The molecule has 4 aromatic carbocycles. The maximum Gasteiger partial charge on any atom is 0.170 e. The van der Waals surface area contributed by atoms with E-state index in [0.29, 0.717) is 114 Å². The number of methoxy groups -OCH3 is 8. The fourth-order valence-corrected chi connectivity index (χ4v) is 20.7. The Morgan fingerprint density at radius 3 is 0.574 bits per heavy atom. The molecular formula is C96H100Cl4N24O20S4. The van der Waals surface area contributed by atoms with Crippen LogP contribution in [0.3, 0.4) is 0 Å². The van der Waals surface area contributed by atoms with E-state index < -0.39 is 108 Å². The van der Waals surface area contributed by atoms with Crippen LogP contribution >= 0.6 is 46.4 Å². The van der Waals surface area contributed by atoms with Gasteiger partial charge in [-0.3, -0.25) is 38.2 Å². The predicted octanol–water partition coefficient (Wildman–Crippen LogP) is 12.5. The number of aliphatic hydroxyl groups excluding tert-OH is 4. The topological polar surface area (TPSA) is 569 Å². The Balaban J connectivity index is 0.000000165. The molecule has 0 amide bonds. The minimum Gasteiger partial charge on any atom is -0.494 e. The molecule has 0 radical (unpaired) electrons. The summed E-state index contributed by atoms with van der Waals surface area (Å²) in [4.78, 5) is 48.6. The van der Waals surface area contributed by atoms with Gasteiger partial charge >= 0.3 is 0 Å². The quantitative estimate of drug-likeness (QED) is 0.0283. The van der Waals surface area contributed by atoms with Crippen molar-refractivity contribution in [3.63, 3.8) is 0 Å². The molecule has 0 saturated carbocycles. The summed E-state index contributed by atoms with van der Waals surface area (Å²) < 4.78 is 159. The van der Waals surface area contributed by atoms with E-state index >= 15 is 0 Å². The lowest BCUT2D eigenvalue weighted by atomic mass is 10.2. The summed E-state index contributed by atoms with van der Waals surface area (Å²) in [6, 6.07) is 28.2. The second-order valence-electron chi connectivity index (χ2n) is 33.0. The Morgan fingerprint density at radius 2 is 0.426 bits per heavy atom. The number of nitrogens with zero attached hydrogens (tertiary/aromatic N) is 24. The van der Waals surface area contributed by atoms with Crippen molar-refractivity contribution in [1.82, 2.24) is 119 Å². The van der Waals surface area contributed by atoms with E-state index in [1.54, 1.807) is 141 Å². The molecule has 0 unspecified atom stereocenters. The monoisotopic (exact) mass is 2180 g/mol. The van der Waals surface area contributed by atoms with Crippen molar-refractivity contribution in [3.8, 4) is 114 Å². The minimum atomic E-state index is -4.00. The van der Waals surface area contributed by atoms with Crippen molar-refractivity contribution in [2.24, 2.45) is 0 Å². The number of sulfone groups is 4. The SMILES string of the molecule is COc1cccc(OC)c1-n1c(CS(=O)(=O)[C@@H](C)[C@@H](O)c2ncc(Cl)cn2)nnc1-c1cncc(C)c1.COc1cccc(OC)c1-n1c(CS(=O)(=O)[C@@H](C)[C@H](O)c2ncc(Cl)cn2)nnc1-c1cncc(C)c1.COc1cccc(OC)c1-n1c(CS(=O)(=O)[C@H](C)[C@@H](O)c2ncc(Cl)cn2)nnc1-c1cncc(C)c1.COc1cccc(OC)c1-n1c(CS(=O)(=O)[C@H](C)[C@H](O)c2ncc(Cl)cn2)nnc1-c1cncc(C)c1. The highest BCUT2D eigenvalue weighted by Crippen LogP contribution is 2.44. The predicted molar refractivity (Wildman–Crippen MR) is 546 cm³/mol. The van der Waals surface area contributed by atoms with Crippen molar-refractivity contribution in [1.29, 1.82) is 0 Å². The van der Waals surface area contributed by atoms with Crippen molar-refractivity contribution in [3.05, 3.63) is 285 Å². The van der Waals surface area contributed by atoms with Gasteiger partial charge in [-0.2, -0.15) is 0 Å². The van der Waals surface area contributed by atoms with Crippen LogP contribution in [0, 0.1) is 27.7 Å². The average Bonchev–Trinajstić information content (AvgIpc) is 1.61. The van der Waals surface area contributed by atoms with Gasteiger partial charge in [0, 0.05) is 121 Å². The normalized spacial score (nSPS) is 13.2. The first kappa shape index (κ1) is 111. The molecule has 52 heteroatoms. The van der Waals surface area contributed by atoms with Crippen molar-refractivity contribution >= 4 is 85.8 Å². The third kappa shape index (κ3) is 25.3. The second-order valence-corrected chi connectivity index (χ2v) is 44.2. The summed E-state index contributed by atoms with van der Waals surface area (Å²) >= 11 is 23.3. The number of aliphatic hydroxyl groups is 4. The van der Waals surface area contributed by atoms with Crippen LogP contribution in [0.15, 0.2) is 196 Å². The molecular weight excluding hydrogens is 2080 g/mol. The smallest absolute Gasteiger partial charge is 0.170 e. The number of ether oxygens (including phenoxy) is 8. The van der Waals surface area contributed by atoms with E-state index in [0.717, 1.165) is 22.3 Å². The van der Waals surface area contributed by atoms with Crippen LogP contribution in [0.4, 0.5) is 0 Å². The zero-order valence-corrected chi connectivity index (χ0v) is 88.4.